The van der Waals surface area contributed by atoms with Gasteiger partial charge in [0.1, 0.15) is 16.8 Å². The molecule has 12 rings (SSSR count). The number of hydrogen-bond donors (Lipinski definition) is 4. The third-order valence-corrected chi connectivity index (χ3v) is 17.7. The van der Waals surface area contributed by atoms with Crippen molar-refractivity contribution < 1.29 is 115 Å². The Morgan fingerprint density at radius 3 is 1.12 bits per heavy atom. The Morgan fingerprint density at radius 2 is 0.764 bits per heavy atom. The van der Waals surface area contributed by atoms with Gasteiger partial charge >= 0.3 is 43.0 Å². The van der Waals surface area contributed by atoms with Gasteiger partial charge in [0, 0.05) is 70.5 Å². The molecule has 22 nitrogen and oxygen atoms in total. The summed E-state index contributed by atoms with van der Waals surface area (Å²) in [5.41, 5.74) is -1.91. The molecule has 0 radical (unpaired) electrons. The topological polar surface area (TPSA) is 261 Å². The molecule has 0 saturated carbocycles. The highest BCUT2D eigenvalue weighted by atomic mass is 19.4. The Balaban J connectivity index is 0.000000202. The van der Waals surface area contributed by atoms with Gasteiger partial charge in [-0.15, -0.1) is 0 Å². The number of rotatable bonds is 5. The molecular formula is C69H79F15N12O10. The van der Waals surface area contributed by atoms with Crippen molar-refractivity contribution in [3.8, 4) is 0 Å². The lowest BCUT2D eigenvalue weighted by Crippen LogP contribution is -2.41. The average Bonchev–Trinajstić information content (AvgIpc) is 1.77. The normalized spacial score (nSPS) is 16.5. The van der Waals surface area contributed by atoms with E-state index in [2.05, 4.69) is 35.9 Å². The third-order valence-electron chi connectivity index (χ3n) is 17.7. The van der Waals surface area contributed by atoms with E-state index in [0.29, 0.717) is 55.3 Å². The molecule has 0 bridgehead atoms. The Hall–Kier alpha value is -9.67. The molecule has 580 valence electrons. The molecule has 9 heterocycles. The van der Waals surface area contributed by atoms with Gasteiger partial charge in [0.2, 0.25) is 0 Å². The number of H-pyrrole nitrogens is 3. The lowest BCUT2D eigenvalue weighted by molar-refractivity contribution is -0.191. The molecule has 0 aliphatic carbocycles. The van der Waals surface area contributed by atoms with Gasteiger partial charge in [-0.3, -0.25) is 34.7 Å². The van der Waals surface area contributed by atoms with Crippen LogP contribution >= 0.6 is 0 Å². The van der Waals surface area contributed by atoms with Crippen molar-refractivity contribution in [2.75, 3.05) is 39.3 Å². The maximum absolute atomic E-state index is 14.0. The second-order valence-corrected chi connectivity index (χ2v) is 28.6. The summed E-state index contributed by atoms with van der Waals surface area (Å²) >= 11 is 0. The van der Waals surface area contributed by atoms with Gasteiger partial charge in [-0.2, -0.15) is 64.4 Å². The Labute approximate surface area is 598 Å². The highest BCUT2D eigenvalue weighted by Crippen LogP contribution is 2.45. The van der Waals surface area contributed by atoms with Crippen LogP contribution in [0.25, 0.3) is 0 Å². The van der Waals surface area contributed by atoms with Crippen molar-refractivity contribution in [2.24, 2.45) is 0 Å². The van der Waals surface area contributed by atoms with E-state index in [1.54, 1.807) is 57.5 Å². The van der Waals surface area contributed by atoms with Gasteiger partial charge in [0.25, 0.3) is 11.8 Å². The van der Waals surface area contributed by atoms with Crippen LogP contribution in [0.2, 0.25) is 0 Å². The maximum Gasteiger partial charge on any atom is 0.419 e. The van der Waals surface area contributed by atoms with Gasteiger partial charge in [0.15, 0.2) is 46.3 Å². The summed E-state index contributed by atoms with van der Waals surface area (Å²) in [6, 6.07) is 5.07. The smallest absolute Gasteiger partial charge is 0.419 e. The van der Waals surface area contributed by atoms with Crippen molar-refractivity contribution in [2.45, 2.75) is 193 Å². The predicted molar refractivity (Wildman–Crippen MR) is 344 cm³/mol. The molecule has 6 aromatic rings. The number of benzene rings is 3. The number of fused-ring (bicyclic) bond motifs is 3. The largest absolute Gasteiger partial charge is 0.444 e. The summed E-state index contributed by atoms with van der Waals surface area (Å²) in [7, 11) is 0. The number of halogens is 15. The van der Waals surface area contributed by atoms with Crippen molar-refractivity contribution in [1.82, 2.24) is 60.4 Å². The number of nitrogens with one attached hydrogen (secondary N) is 4. The van der Waals surface area contributed by atoms with Crippen molar-refractivity contribution in [1.29, 1.82) is 0 Å². The SMILES string of the molecule is CC(C)(C)OC(=O)N1CCC(c2ccc(F)c(F)c2C(F)(F)F)CC1.CC(C)(C)OC(=O)N1Cc2[nH]nc(C(=O)N3CCC(c4ccc(F)c(F)c4C(F)(F)F)CC3)c2C1.CC(C)(C)OC(=O)N1Cc2cn[nH]c2C1.O=C(c1n[nH]c2c1CNC2)N1CCC(c2ccc(F)c(F)c2C(F)(F)F)CC1.O=C=O.[HH]. The van der Waals surface area contributed by atoms with Crippen LogP contribution in [-0.4, -0.2) is 147 Å². The zero-order valence-corrected chi connectivity index (χ0v) is 58.8. The first kappa shape index (κ1) is 82.0. The molecule has 0 unspecified atom stereocenters. The second kappa shape index (κ2) is 32.6. The van der Waals surface area contributed by atoms with E-state index in [0.717, 1.165) is 46.8 Å². The van der Waals surface area contributed by atoms with Gasteiger partial charge < -0.3 is 34.2 Å². The Bertz CT molecular complexity index is 4190. The summed E-state index contributed by atoms with van der Waals surface area (Å²) in [5.74, 6) is -12.8. The van der Waals surface area contributed by atoms with Crippen LogP contribution in [0.3, 0.4) is 0 Å². The number of likely N-dealkylation sites (tertiary alicyclic amines) is 3. The van der Waals surface area contributed by atoms with Crippen molar-refractivity contribution >= 4 is 36.2 Å². The summed E-state index contributed by atoms with van der Waals surface area (Å²) in [6.07, 6.45) is -13.2. The van der Waals surface area contributed by atoms with E-state index >= 15 is 0 Å². The summed E-state index contributed by atoms with van der Waals surface area (Å²) in [5, 5.41) is 23.6. The first-order valence-electron chi connectivity index (χ1n) is 33.3. The van der Waals surface area contributed by atoms with E-state index in [1.807, 2.05) is 20.8 Å². The van der Waals surface area contributed by atoms with Crippen LogP contribution in [0.5, 0.6) is 0 Å². The number of carbonyl (C=O) groups is 5. The first-order chi connectivity index (χ1) is 49.3. The molecule has 5 amide bonds. The van der Waals surface area contributed by atoms with Gasteiger partial charge in [-0.1, -0.05) is 18.2 Å². The minimum atomic E-state index is -5.04. The summed E-state index contributed by atoms with van der Waals surface area (Å²) < 4.78 is 217. The molecule has 6 aliphatic heterocycles. The number of aromatic amines is 3. The maximum atomic E-state index is 14.0. The van der Waals surface area contributed by atoms with Crippen molar-refractivity contribution in [3.63, 3.8) is 0 Å². The fourth-order valence-corrected chi connectivity index (χ4v) is 12.9. The van der Waals surface area contributed by atoms with Crippen LogP contribution in [0.4, 0.5) is 80.2 Å². The van der Waals surface area contributed by atoms with E-state index in [4.69, 9.17) is 23.8 Å². The number of nitrogens with zero attached hydrogens (tertiary/aromatic N) is 8. The quantitative estimate of drug-likeness (QED) is 0.0924. The van der Waals surface area contributed by atoms with Gasteiger partial charge in [-0.25, -0.2) is 40.7 Å². The van der Waals surface area contributed by atoms with E-state index in [-0.39, 0.29) is 133 Å². The van der Waals surface area contributed by atoms with Crippen LogP contribution in [0, 0.1) is 34.9 Å². The molecule has 3 saturated heterocycles. The number of aromatic nitrogens is 6. The zero-order chi connectivity index (χ0) is 78.5. The molecule has 6 aliphatic rings. The number of amides is 5. The Kier molecular flexibility index (Phi) is 25.2. The number of alkyl halides is 9. The minimum Gasteiger partial charge on any atom is -0.444 e. The van der Waals surface area contributed by atoms with Crippen molar-refractivity contribution in [3.05, 3.63) is 156 Å². The number of hydrogen-bond acceptors (Lipinski definition) is 14. The van der Waals surface area contributed by atoms with E-state index in [9.17, 15) is 89.8 Å². The van der Waals surface area contributed by atoms with Crippen LogP contribution in [0.1, 0.15) is 208 Å². The monoisotopic (exact) mass is 1520 g/mol. The second-order valence-electron chi connectivity index (χ2n) is 28.6. The summed E-state index contributed by atoms with van der Waals surface area (Å²) in [6.45, 7) is 19.7. The third kappa shape index (κ3) is 20.1. The molecule has 37 heteroatoms. The molecule has 3 fully saturated rings. The fraction of sp³-hybridized carbons (Fsp3) is 0.522. The molecule has 3 aromatic carbocycles. The molecule has 0 spiro atoms. The number of carbonyl (C=O) groups excluding carboxylic acids is 7. The number of ether oxygens (including phenoxy) is 3. The van der Waals surface area contributed by atoms with Crippen LogP contribution in [-0.2, 0) is 81.6 Å². The van der Waals surface area contributed by atoms with Crippen LogP contribution < -0.4 is 5.32 Å². The minimum absolute atomic E-state index is 0. The molecule has 4 N–H and O–H groups in total. The first-order valence-corrected chi connectivity index (χ1v) is 33.3. The lowest BCUT2D eigenvalue weighted by Gasteiger charge is -2.34. The lowest BCUT2D eigenvalue weighted by atomic mass is 9.86. The van der Waals surface area contributed by atoms with Crippen LogP contribution in [0.15, 0.2) is 42.6 Å². The van der Waals surface area contributed by atoms with E-state index in [1.165, 1.54) is 14.7 Å². The fourth-order valence-electron chi connectivity index (χ4n) is 12.9. The predicted octanol–water partition coefficient (Wildman–Crippen LogP) is 14.7. The van der Waals surface area contributed by atoms with Gasteiger partial charge in [-0.05, 0) is 153 Å². The number of piperidine rings is 3. The van der Waals surface area contributed by atoms with E-state index < -0.39 is 123 Å². The highest BCUT2D eigenvalue weighted by molar-refractivity contribution is 5.95. The van der Waals surface area contributed by atoms with Gasteiger partial charge in [0.05, 0.1) is 66.1 Å². The zero-order valence-electron chi connectivity index (χ0n) is 58.8. The molecule has 106 heavy (non-hydrogen) atoms. The Morgan fingerprint density at radius 1 is 0.434 bits per heavy atom. The summed E-state index contributed by atoms with van der Waals surface area (Å²) in [4.78, 5) is 85.7. The molecule has 3 aromatic heterocycles. The standard InChI is InChI=1S/C23H25F5N4O3.C18H17F5N4O.C17H20F5NO2.C10H15N3O2.CO2.H2/c1-22(2,3)35-21(34)32-10-14-16(11-32)29-30-19(14)20(33)31-8-6-12(7-9-31)13-4-5-15(24)18(25)17(13)23(26,27)28;19-12-2-1-10(14(15(12)20)18(21,22)23)9-3-5-27(6-4-9)17(28)16-11-7-24-8-13(11)25-26-16;1-16(2,3)25-15(24)23-8-6-10(7-9-23)11-4-5-12(18)14(19)13(11)17(20,21)22;1-10(2,3)15-9(14)13-5-7-4-11-12-8(7)6-13;2-1-3;/h4-5,12H,6-11H2,1-3H3,(H,29,30);1-2,9,24H,3-8H2,(H,25,26);4-5,10H,6-9H2,1-3H3;4H,5-6H2,1-3H3,(H,11,12);;1H. The molecule has 0 atom stereocenters. The average molecular weight is 1520 g/mol. The molecular weight excluding hydrogens is 1440 g/mol. The highest BCUT2D eigenvalue weighted by Gasteiger charge is 2.45.